The molecule has 1 fully saturated rings. The second-order valence-electron chi connectivity index (χ2n) is 6.71. The van der Waals surface area contributed by atoms with Crippen LogP contribution in [0.3, 0.4) is 0 Å². The molecule has 3 rings (SSSR count). The SMILES string of the molecule is Cc1noc(C)c1CC(=O)NC(C)c1ccc(OCC2CC2)c(F)c1. The summed E-state index contributed by atoms with van der Waals surface area (Å²) in [7, 11) is 0. The third-order valence-corrected chi connectivity index (χ3v) is 4.52. The lowest BCUT2D eigenvalue weighted by Gasteiger charge is -2.15. The Bertz CT molecular complexity index is 749. The molecule has 1 N–H and O–H groups in total. The third kappa shape index (κ3) is 4.38. The molecule has 2 aromatic rings. The number of nitrogens with one attached hydrogen (secondary N) is 1. The lowest BCUT2D eigenvalue weighted by Crippen LogP contribution is -2.28. The first-order valence-corrected chi connectivity index (χ1v) is 8.57. The fourth-order valence-corrected chi connectivity index (χ4v) is 2.69. The molecule has 1 saturated carbocycles. The lowest BCUT2D eigenvalue weighted by atomic mass is 10.1. The molecular weight excluding hydrogens is 323 g/mol. The van der Waals surface area contributed by atoms with Crippen LogP contribution in [0.2, 0.25) is 0 Å². The van der Waals surface area contributed by atoms with Crippen molar-refractivity contribution in [1.29, 1.82) is 0 Å². The molecule has 1 aromatic heterocycles. The van der Waals surface area contributed by atoms with E-state index in [2.05, 4.69) is 10.5 Å². The number of halogens is 1. The maximum atomic E-state index is 14.2. The zero-order valence-corrected chi connectivity index (χ0v) is 14.8. The monoisotopic (exact) mass is 346 g/mol. The Morgan fingerprint density at radius 2 is 2.20 bits per heavy atom. The molecule has 1 aliphatic rings. The highest BCUT2D eigenvalue weighted by Gasteiger charge is 2.23. The van der Waals surface area contributed by atoms with Crippen LogP contribution in [0, 0.1) is 25.6 Å². The summed E-state index contributed by atoms with van der Waals surface area (Å²) in [6.07, 6.45) is 2.51. The summed E-state index contributed by atoms with van der Waals surface area (Å²) in [6, 6.07) is 4.53. The predicted octanol–water partition coefficient (Wildman–Crippen LogP) is 3.64. The van der Waals surface area contributed by atoms with E-state index in [0.717, 1.165) is 18.4 Å². The van der Waals surface area contributed by atoms with Gasteiger partial charge in [0, 0.05) is 5.56 Å². The van der Waals surface area contributed by atoms with Gasteiger partial charge in [-0.05, 0) is 57.2 Å². The number of ether oxygens (including phenoxy) is 1. The number of carbonyl (C=O) groups is 1. The molecule has 0 saturated heterocycles. The van der Waals surface area contributed by atoms with Crippen LogP contribution in [-0.4, -0.2) is 17.7 Å². The van der Waals surface area contributed by atoms with Gasteiger partial charge in [-0.1, -0.05) is 11.2 Å². The van der Waals surface area contributed by atoms with Gasteiger partial charge in [-0.15, -0.1) is 0 Å². The maximum absolute atomic E-state index is 14.2. The number of hydrogen-bond donors (Lipinski definition) is 1. The fraction of sp³-hybridized carbons (Fsp3) is 0.474. The van der Waals surface area contributed by atoms with E-state index in [-0.39, 0.29) is 24.1 Å². The van der Waals surface area contributed by atoms with Gasteiger partial charge < -0.3 is 14.6 Å². The van der Waals surface area contributed by atoms with E-state index in [1.807, 2.05) is 6.92 Å². The number of amides is 1. The second-order valence-corrected chi connectivity index (χ2v) is 6.71. The van der Waals surface area contributed by atoms with Crippen LogP contribution in [-0.2, 0) is 11.2 Å². The Morgan fingerprint density at radius 1 is 1.44 bits per heavy atom. The first-order valence-electron chi connectivity index (χ1n) is 8.57. The minimum atomic E-state index is -0.398. The summed E-state index contributed by atoms with van der Waals surface area (Å²) in [5.74, 6) is 0.927. The van der Waals surface area contributed by atoms with E-state index in [1.54, 1.807) is 26.0 Å². The summed E-state index contributed by atoms with van der Waals surface area (Å²) in [5.41, 5.74) is 2.20. The molecule has 6 heteroatoms. The molecule has 1 aromatic carbocycles. The molecular formula is C19H23FN2O3. The van der Waals surface area contributed by atoms with Gasteiger partial charge in [0.05, 0.1) is 24.8 Å². The number of rotatable bonds is 7. The van der Waals surface area contributed by atoms with Crippen molar-refractivity contribution >= 4 is 5.91 Å². The maximum Gasteiger partial charge on any atom is 0.225 e. The van der Waals surface area contributed by atoms with Crippen molar-refractivity contribution in [2.45, 2.75) is 46.1 Å². The van der Waals surface area contributed by atoms with Crippen LogP contribution < -0.4 is 10.1 Å². The minimum absolute atomic E-state index is 0.156. The summed E-state index contributed by atoms with van der Waals surface area (Å²) >= 11 is 0. The summed E-state index contributed by atoms with van der Waals surface area (Å²) in [5, 5.41) is 6.72. The first kappa shape index (κ1) is 17.5. The topological polar surface area (TPSA) is 64.4 Å². The van der Waals surface area contributed by atoms with Crippen LogP contribution in [0.25, 0.3) is 0 Å². The average Bonchev–Trinajstić information content (AvgIpc) is 3.35. The zero-order chi connectivity index (χ0) is 18.0. The van der Waals surface area contributed by atoms with Crippen LogP contribution in [0.4, 0.5) is 4.39 Å². The van der Waals surface area contributed by atoms with Gasteiger partial charge in [-0.3, -0.25) is 4.79 Å². The normalized spacial score (nSPS) is 15.0. The van der Waals surface area contributed by atoms with Crippen molar-refractivity contribution in [2.24, 2.45) is 5.92 Å². The Kier molecular flexibility index (Phi) is 5.06. The highest BCUT2D eigenvalue weighted by Crippen LogP contribution is 2.30. The van der Waals surface area contributed by atoms with Gasteiger partial charge in [-0.25, -0.2) is 4.39 Å². The summed E-state index contributed by atoms with van der Waals surface area (Å²) in [4.78, 5) is 12.2. The van der Waals surface area contributed by atoms with Crippen LogP contribution in [0.5, 0.6) is 5.75 Å². The van der Waals surface area contributed by atoms with Gasteiger partial charge in [0.2, 0.25) is 5.91 Å². The minimum Gasteiger partial charge on any atom is -0.490 e. The van der Waals surface area contributed by atoms with E-state index >= 15 is 0 Å². The van der Waals surface area contributed by atoms with Crippen molar-refractivity contribution in [2.75, 3.05) is 6.61 Å². The van der Waals surface area contributed by atoms with Gasteiger partial charge in [0.25, 0.3) is 0 Å². The fourth-order valence-electron chi connectivity index (χ4n) is 2.69. The van der Waals surface area contributed by atoms with Crippen LogP contribution in [0.15, 0.2) is 22.7 Å². The van der Waals surface area contributed by atoms with Crippen molar-refractivity contribution in [3.05, 3.63) is 46.6 Å². The summed E-state index contributed by atoms with van der Waals surface area (Å²) < 4.78 is 24.7. The molecule has 0 radical (unpaired) electrons. The van der Waals surface area contributed by atoms with Crippen LogP contribution in [0.1, 0.15) is 48.4 Å². The average molecular weight is 346 g/mol. The molecule has 1 unspecified atom stereocenters. The Morgan fingerprint density at radius 3 is 2.80 bits per heavy atom. The smallest absolute Gasteiger partial charge is 0.225 e. The molecule has 1 aliphatic carbocycles. The van der Waals surface area contributed by atoms with Gasteiger partial charge in [-0.2, -0.15) is 0 Å². The van der Waals surface area contributed by atoms with Crippen molar-refractivity contribution < 1.29 is 18.4 Å². The summed E-state index contributed by atoms with van der Waals surface area (Å²) in [6.45, 7) is 5.98. The largest absolute Gasteiger partial charge is 0.490 e. The van der Waals surface area contributed by atoms with Crippen molar-refractivity contribution in [3.8, 4) is 5.75 Å². The molecule has 0 aliphatic heterocycles. The van der Waals surface area contributed by atoms with Crippen molar-refractivity contribution in [1.82, 2.24) is 10.5 Å². The van der Waals surface area contributed by atoms with E-state index in [0.29, 0.717) is 29.5 Å². The zero-order valence-electron chi connectivity index (χ0n) is 14.8. The molecule has 5 nitrogen and oxygen atoms in total. The number of nitrogens with zero attached hydrogens (tertiary/aromatic N) is 1. The number of carbonyl (C=O) groups excluding carboxylic acids is 1. The third-order valence-electron chi connectivity index (χ3n) is 4.52. The standard InChI is InChI=1S/C19H23FN2O3/c1-11(21-19(23)9-16-12(2)22-25-13(16)3)15-6-7-18(17(20)8-15)24-10-14-4-5-14/h6-8,11,14H,4-5,9-10H2,1-3H3,(H,21,23). The van der Waals surface area contributed by atoms with E-state index in [9.17, 15) is 9.18 Å². The van der Waals surface area contributed by atoms with Gasteiger partial charge in [0.15, 0.2) is 11.6 Å². The highest BCUT2D eigenvalue weighted by atomic mass is 19.1. The van der Waals surface area contributed by atoms with Crippen LogP contribution >= 0.6 is 0 Å². The molecule has 134 valence electrons. The number of aryl methyl sites for hydroxylation is 2. The lowest BCUT2D eigenvalue weighted by molar-refractivity contribution is -0.121. The first-order chi connectivity index (χ1) is 11.9. The quantitative estimate of drug-likeness (QED) is 0.831. The Balaban J connectivity index is 1.59. The Hall–Kier alpha value is -2.37. The molecule has 1 heterocycles. The number of aromatic nitrogens is 1. The number of benzene rings is 1. The second kappa shape index (κ2) is 7.25. The van der Waals surface area contributed by atoms with Gasteiger partial charge in [0.1, 0.15) is 5.76 Å². The molecule has 1 atom stereocenters. The predicted molar refractivity (Wildman–Crippen MR) is 90.9 cm³/mol. The molecule has 0 spiro atoms. The number of hydrogen-bond acceptors (Lipinski definition) is 4. The molecule has 1 amide bonds. The molecule has 0 bridgehead atoms. The highest BCUT2D eigenvalue weighted by molar-refractivity contribution is 5.79. The van der Waals surface area contributed by atoms with Gasteiger partial charge >= 0.3 is 0 Å². The van der Waals surface area contributed by atoms with E-state index in [4.69, 9.17) is 9.26 Å². The van der Waals surface area contributed by atoms with E-state index < -0.39 is 5.82 Å². The van der Waals surface area contributed by atoms with Crippen molar-refractivity contribution in [3.63, 3.8) is 0 Å². The van der Waals surface area contributed by atoms with E-state index in [1.165, 1.54) is 6.07 Å². The molecule has 25 heavy (non-hydrogen) atoms. The Labute approximate surface area is 146 Å².